The van der Waals surface area contributed by atoms with Crippen LogP contribution in [0.3, 0.4) is 0 Å². The molecule has 0 amide bonds. The third kappa shape index (κ3) is 5.73. The summed E-state index contributed by atoms with van der Waals surface area (Å²) in [5.41, 5.74) is 6.60. The van der Waals surface area contributed by atoms with Crippen molar-refractivity contribution >= 4 is 15.9 Å². The van der Waals surface area contributed by atoms with Gasteiger partial charge in [-0.3, -0.25) is 9.35 Å². The number of carbonyl (C=O) groups excluding carboxylic acids is 1. The number of carbonyl (C=O) groups is 1. The first kappa shape index (κ1) is 17.7. The van der Waals surface area contributed by atoms with E-state index in [1.54, 1.807) is 48.5 Å². The highest BCUT2D eigenvalue weighted by Crippen LogP contribution is 2.26. The second kappa shape index (κ2) is 8.29. The summed E-state index contributed by atoms with van der Waals surface area (Å²) in [5.74, 6) is -0.934. The summed E-state index contributed by atoms with van der Waals surface area (Å²) in [5, 5.41) is 8.73. The Morgan fingerprint density at radius 2 is 1.92 bits per heavy atom. The second-order valence-electron chi connectivity index (χ2n) is 5.25. The van der Waals surface area contributed by atoms with Gasteiger partial charge >= 0.3 is 0 Å². The van der Waals surface area contributed by atoms with Gasteiger partial charge in [-0.25, -0.2) is 0 Å². The van der Waals surface area contributed by atoms with E-state index < -0.39 is 22.0 Å². The normalized spacial score (nSPS) is 19.3. The molecule has 1 aliphatic heterocycles. The highest BCUT2D eigenvalue weighted by atomic mass is 32.2. The third-order valence-electron chi connectivity index (χ3n) is 3.16. The zero-order chi connectivity index (χ0) is 20.1. The summed E-state index contributed by atoms with van der Waals surface area (Å²) in [6.07, 6.45) is -0.775. The van der Waals surface area contributed by atoms with Gasteiger partial charge in [-0.1, -0.05) is 42.5 Å². The Morgan fingerprint density at radius 3 is 2.46 bits per heavy atom. The Labute approximate surface area is 152 Å². The van der Waals surface area contributed by atoms with Crippen molar-refractivity contribution in [2.45, 2.75) is 11.8 Å². The molecule has 0 fully saturated rings. The lowest BCUT2D eigenvalue weighted by Crippen LogP contribution is -2.08. The van der Waals surface area contributed by atoms with E-state index >= 15 is 0 Å². The first-order valence-corrected chi connectivity index (χ1v) is 8.95. The van der Waals surface area contributed by atoms with E-state index in [1.165, 1.54) is 6.07 Å². The van der Waals surface area contributed by atoms with E-state index in [2.05, 4.69) is 0 Å². The van der Waals surface area contributed by atoms with Crippen molar-refractivity contribution in [1.82, 2.24) is 0 Å². The smallest absolute Gasteiger partial charge is 0.269 e. The fraction of sp³-hybridized carbons (Fsp3) is 0.111. The van der Waals surface area contributed by atoms with Gasteiger partial charge in [0.05, 0.1) is 13.0 Å². The molecule has 0 radical (unpaired) electrons. The van der Waals surface area contributed by atoms with Gasteiger partial charge in [-0.15, -0.1) is 0 Å². The molecular weight excluding hydrogens is 356 g/mol. The monoisotopic (exact) mass is 373 g/mol. The fourth-order valence-electron chi connectivity index (χ4n) is 2.11. The van der Waals surface area contributed by atoms with Crippen LogP contribution in [-0.4, -0.2) is 18.8 Å². The largest absolute Gasteiger partial charge is 0.463 e. The molecule has 0 aromatic heterocycles. The highest BCUT2D eigenvalue weighted by molar-refractivity contribution is 7.85. The quantitative estimate of drug-likeness (QED) is 0.787. The number of rotatable bonds is 3. The van der Waals surface area contributed by atoms with E-state index in [9.17, 15) is 13.2 Å². The van der Waals surface area contributed by atoms with Crippen molar-refractivity contribution in [2.24, 2.45) is 5.73 Å². The zero-order valence-corrected chi connectivity index (χ0v) is 14.3. The predicted octanol–water partition coefficient (Wildman–Crippen LogP) is 2.07. The maximum atomic E-state index is 11.6. The molecule has 1 heterocycles. The number of nitrogens with two attached hydrogens (primary N) is 1. The van der Waals surface area contributed by atoms with Crippen molar-refractivity contribution < 1.29 is 23.9 Å². The number of ketones is 1. The van der Waals surface area contributed by atoms with Crippen LogP contribution >= 0.6 is 0 Å². The van der Waals surface area contributed by atoms with Gasteiger partial charge in [0.2, 0.25) is 5.78 Å². The second-order valence-corrected chi connectivity index (χ2v) is 6.70. The molecule has 0 aliphatic carbocycles. The topological polar surface area (TPSA) is 130 Å². The predicted molar refractivity (Wildman–Crippen MR) is 94.0 cm³/mol. The molecule has 2 aromatic carbocycles. The van der Waals surface area contributed by atoms with Crippen LogP contribution in [0.5, 0.6) is 0 Å². The molecule has 3 rings (SSSR count). The van der Waals surface area contributed by atoms with Gasteiger partial charge in [-0.05, 0) is 17.7 Å². The molecule has 1 aliphatic rings. The lowest BCUT2D eigenvalue weighted by Gasteiger charge is -2.10. The van der Waals surface area contributed by atoms with Crippen molar-refractivity contribution in [3.05, 3.63) is 83.2 Å². The molecule has 0 saturated carbocycles. The van der Waals surface area contributed by atoms with E-state index in [4.69, 9.17) is 21.7 Å². The minimum Gasteiger partial charge on any atom is -0.463 e. The van der Waals surface area contributed by atoms with E-state index in [1.807, 2.05) is 6.07 Å². The van der Waals surface area contributed by atoms with Gasteiger partial charge in [0, 0.05) is 11.6 Å². The molecule has 0 bridgehead atoms. The first-order chi connectivity index (χ1) is 12.6. The maximum absolute atomic E-state index is 11.6. The average Bonchev–Trinajstić information content (AvgIpc) is 2.88. The molecule has 1 atom stereocenters. The zero-order valence-electron chi connectivity index (χ0n) is 14.5. The Kier molecular flexibility index (Phi) is 5.63. The van der Waals surface area contributed by atoms with Gasteiger partial charge in [-0.2, -0.15) is 13.7 Å². The molecule has 0 saturated heterocycles. The van der Waals surface area contributed by atoms with Gasteiger partial charge < -0.3 is 10.5 Å². The van der Waals surface area contributed by atoms with Crippen molar-refractivity contribution in [3.63, 3.8) is 0 Å². The summed E-state index contributed by atoms with van der Waals surface area (Å²) >= 11 is 0. The fourth-order valence-corrected chi connectivity index (χ4v) is 2.72. The highest BCUT2D eigenvalue weighted by Gasteiger charge is 2.27. The number of ether oxygens (including phenoxy) is 1. The lowest BCUT2D eigenvalue weighted by atomic mass is 10.0. The van der Waals surface area contributed by atoms with E-state index in [0.29, 0.717) is 16.7 Å². The van der Waals surface area contributed by atoms with Gasteiger partial charge in [0.25, 0.3) is 10.1 Å². The lowest BCUT2D eigenvalue weighted by molar-refractivity contribution is -0.120. The van der Waals surface area contributed by atoms with Crippen LogP contribution in [0.2, 0.25) is 0 Å². The molecule has 134 valence electrons. The van der Waals surface area contributed by atoms with Gasteiger partial charge in [0.15, 0.2) is 12.0 Å². The molecule has 2 aromatic rings. The van der Waals surface area contributed by atoms with Crippen molar-refractivity contribution in [3.8, 4) is 6.07 Å². The standard InChI is InChI=1S/C11H8N2O2.C7H8O3S/c12-6-7-2-1-3-8(4-7)11-9(14)5-10(13)15-11;8-11(9,10)6-7-4-2-1-3-5-7/h1-5,11H,13H2;1-5H,6H2,(H,8,9,10)/i11D;. The van der Waals surface area contributed by atoms with Crippen molar-refractivity contribution in [2.75, 3.05) is 0 Å². The Bertz CT molecular complexity index is 1020. The summed E-state index contributed by atoms with van der Waals surface area (Å²) in [7, 11) is -3.88. The molecule has 8 heteroatoms. The molecule has 7 nitrogen and oxygen atoms in total. The van der Waals surface area contributed by atoms with Crippen LogP contribution in [-0.2, 0) is 25.4 Å². The molecule has 0 spiro atoms. The molecule has 1 unspecified atom stereocenters. The van der Waals surface area contributed by atoms with Crippen LogP contribution in [0.15, 0.2) is 66.6 Å². The van der Waals surface area contributed by atoms with Crippen LogP contribution in [0.1, 0.15) is 24.1 Å². The molecular formula is C18H16N2O5S. The number of nitrogens with zero attached hydrogens (tertiary/aromatic N) is 1. The van der Waals surface area contributed by atoms with Crippen LogP contribution in [0.25, 0.3) is 0 Å². The molecule has 26 heavy (non-hydrogen) atoms. The number of nitriles is 1. The summed E-state index contributed by atoms with van der Waals surface area (Å²) in [6.45, 7) is 0. The first-order valence-electron chi connectivity index (χ1n) is 7.84. The number of hydrogen-bond donors (Lipinski definition) is 2. The van der Waals surface area contributed by atoms with Crippen LogP contribution < -0.4 is 5.73 Å². The Morgan fingerprint density at radius 1 is 1.23 bits per heavy atom. The number of benzene rings is 2. The van der Waals surface area contributed by atoms with Gasteiger partial charge in [0.1, 0.15) is 5.75 Å². The van der Waals surface area contributed by atoms with E-state index in [-0.39, 0.29) is 11.6 Å². The summed E-state index contributed by atoms with van der Waals surface area (Å²) < 4.78 is 42.1. The van der Waals surface area contributed by atoms with Crippen LogP contribution in [0.4, 0.5) is 0 Å². The van der Waals surface area contributed by atoms with E-state index in [0.717, 1.165) is 6.08 Å². The third-order valence-corrected chi connectivity index (χ3v) is 3.86. The average molecular weight is 373 g/mol. The molecule has 3 N–H and O–H groups in total. The summed E-state index contributed by atoms with van der Waals surface area (Å²) in [6, 6.07) is 16.6. The minimum atomic E-state index is -3.88. The SMILES string of the molecule is O=S(=O)(O)Cc1ccccc1.[2H]C1(c2cccc(C#N)c2)OC(N)=CC1=O. The maximum Gasteiger partial charge on any atom is 0.269 e. The van der Waals surface area contributed by atoms with Crippen molar-refractivity contribution in [1.29, 1.82) is 5.26 Å². The minimum absolute atomic E-state index is 0.0811. The summed E-state index contributed by atoms with van der Waals surface area (Å²) in [4.78, 5) is 11.6. The Balaban J connectivity index is 0.000000208. The Hall–Kier alpha value is -3.15. The van der Waals surface area contributed by atoms with Crippen LogP contribution in [0, 0.1) is 11.3 Å². The number of hydrogen-bond acceptors (Lipinski definition) is 6.